The van der Waals surface area contributed by atoms with Crippen LogP contribution in [0, 0.1) is 0 Å². The Bertz CT molecular complexity index is 533. The predicted octanol–water partition coefficient (Wildman–Crippen LogP) is 1.40. The number of methoxy groups -OCH3 is 1. The van der Waals surface area contributed by atoms with Gasteiger partial charge in [-0.15, -0.1) is 0 Å². The second-order valence-corrected chi connectivity index (χ2v) is 7.18. The molecular formula is C14H21NO3S. The first-order valence-corrected chi connectivity index (χ1v) is 8.40. The zero-order chi connectivity index (χ0) is 13.9. The largest absolute Gasteiger partial charge is 0.378 e. The van der Waals surface area contributed by atoms with Gasteiger partial charge in [0, 0.05) is 19.8 Å². The molecule has 1 aromatic carbocycles. The van der Waals surface area contributed by atoms with Crippen molar-refractivity contribution in [2.45, 2.75) is 29.8 Å². The van der Waals surface area contributed by atoms with E-state index in [0.29, 0.717) is 11.3 Å². The Morgan fingerprint density at radius 2 is 1.89 bits per heavy atom. The normalized spacial score (nSPS) is 19.3. The topological polar surface area (TPSA) is 55.4 Å². The molecule has 106 valence electrons. The number of nitrogens with one attached hydrogen (secondary N) is 1. The molecule has 0 atom stereocenters. The number of benzene rings is 1. The molecule has 1 aliphatic heterocycles. The zero-order valence-electron chi connectivity index (χ0n) is 11.5. The van der Waals surface area contributed by atoms with Gasteiger partial charge in [-0.3, -0.25) is 0 Å². The fourth-order valence-electron chi connectivity index (χ4n) is 2.69. The molecule has 0 radical (unpaired) electrons. The van der Waals surface area contributed by atoms with Crippen molar-refractivity contribution in [2.24, 2.45) is 0 Å². The monoisotopic (exact) mass is 283 g/mol. The predicted molar refractivity (Wildman–Crippen MR) is 75.1 cm³/mol. The van der Waals surface area contributed by atoms with Gasteiger partial charge in [0.1, 0.15) is 0 Å². The van der Waals surface area contributed by atoms with Gasteiger partial charge in [0.2, 0.25) is 0 Å². The van der Waals surface area contributed by atoms with E-state index in [9.17, 15) is 8.42 Å². The lowest BCUT2D eigenvalue weighted by Gasteiger charge is -2.37. The molecule has 0 aromatic heterocycles. The second-order valence-electron chi connectivity index (χ2n) is 5.19. The minimum absolute atomic E-state index is 0.244. The summed E-state index contributed by atoms with van der Waals surface area (Å²) in [5, 5.41) is 3.31. The maximum Gasteiger partial charge on any atom is 0.175 e. The summed E-state index contributed by atoms with van der Waals surface area (Å²) in [5.74, 6) is 0. The number of hydrogen-bond acceptors (Lipinski definition) is 4. The van der Waals surface area contributed by atoms with Gasteiger partial charge in [-0.1, -0.05) is 18.2 Å². The van der Waals surface area contributed by atoms with Crippen molar-refractivity contribution in [3.63, 3.8) is 0 Å². The molecular weight excluding hydrogens is 262 g/mol. The molecule has 1 aliphatic rings. The van der Waals surface area contributed by atoms with Crippen LogP contribution in [-0.2, 0) is 21.0 Å². The fraction of sp³-hybridized carbons (Fsp3) is 0.571. The van der Waals surface area contributed by atoms with Gasteiger partial charge >= 0.3 is 0 Å². The summed E-state index contributed by atoms with van der Waals surface area (Å²) in [6.45, 7) is 1.82. The Labute approximate surface area is 115 Å². The van der Waals surface area contributed by atoms with E-state index >= 15 is 0 Å². The van der Waals surface area contributed by atoms with Crippen molar-refractivity contribution in [2.75, 3.05) is 26.5 Å². The van der Waals surface area contributed by atoms with Crippen molar-refractivity contribution in [3.8, 4) is 0 Å². The number of sulfone groups is 1. The molecule has 1 heterocycles. The molecule has 1 fully saturated rings. The highest BCUT2D eigenvalue weighted by Crippen LogP contribution is 2.29. The van der Waals surface area contributed by atoms with Crippen LogP contribution < -0.4 is 5.32 Å². The summed E-state index contributed by atoms with van der Waals surface area (Å²) < 4.78 is 29.4. The van der Waals surface area contributed by atoms with Crippen LogP contribution in [-0.4, -0.2) is 40.5 Å². The summed E-state index contributed by atoms with van der Waals surface area (Å²) >= 11 is 0. The Balaban J connectivity index is 2.32. The molecule has 0 spiro atoms. The van der Waals surface area contributed by atoms with Crippen molar-refractivity contribution in [1.82, 2.24) is 5.32 Å². The number of hydrogen-bond donors (Lipinski definition) is 1. The molecule has 1 aromatic rings. The Kier molecular flexibility index (Phi) is 4.28. The molecule has 5 heteroatoms. The first kappa shape index (κ1) is 14.5. The highest BCUT2D eigenvalue weighted by molar-refractivity contribution is 7.90. The van der Waals surface area contributed by atoms with Crippen molar-refractivity contribution in [3.05, 3.63) is 29.8 Å². The standard InChI is InChI=1S/C14H21NO3S/c1-18-14(7-9-15-10-8-14)11-12-5-3-4-6-13(12)19(2,16)17/h3-6,15H,7-11H2,1-2H3. The fourth-order valence-corrected chi connectivity index (χ4v) is 3.64. The van der Waals surface area contributed by atoms with Gasteiger partial charge in [-0.25, -0.2) is 8.42 Å². The highest BCUT2D eigenvalue weighted by Gasteiger charge is 2.33. The lowest BCUT2D eigenvalue weighted by Crippen LogP contribution is -2.45. The molecule has 0 unspecified atom stereocenters. The van der Waals surface area contributed by atoms with Crippen molar-refractivity contribution >= 4 is 9.84 Å². The zero-order valence-corrected chi connectivity index (χ0v) is 12.3. The summed E-state index contributed by atoms with van der Waals surface area (Å²) in [5.41, 5.74) is 0.611. The van der Waals surface area contributed by atoms with Crippen LogP contribution in [0.4, 0.5) is 0 Å². The van der Waals surface area contributed by atoms with E-state index in [-0.39, 0.29) is 5.60 Å². The minimum Gasteiger partial charge on any atom is -0.378 e. The third-order valence-corrected chi connectivity index (χ3v) is 5.03. The third kappa shape index (κ3) is 3.35. The highest BCUT2D eigenvalue weighted by atomic mass is 32.2. The molecule has 4 nitrogen and oxygen atoms in total. The molecule has 2 rings (SSSR count). The average Bonchev–Trinajstić information content (AvgIpc) is 2.39. The van der Waals surface area contributed by atoms with Gasteiger partial charge in [0.25, 0.3) is 0 Å². The molecule has 0 aliphatic carbocycles. The summed E-state index contributed by atoms with van der Waals surface area (Å²) in [6, 6.07) is 7.21. The SMILES string of the molecule is COC1(Cc2ccccc2S(C)(=O)=O)CCNCC1. The quantitative estimate of drug-likeness (QED) is 0.907. The van der Waals surface area contributed by atoms with Crippen LogP contribution in [0.5, 0.6) is 0 Å². The summed E-state index contributed by atoms with van der Waals surface area (Å²) in [4.78, 5) is 0.421. The van der Waals surface area contributed by atoms with Gasteiger partial charge in [-0.2, -0.15) is 0 Å². The lowest BCUT2D eigenvalue weighted by molar-refractivity contribution is -0.0337. The van der Waals surface area contributed by atoms with E-state index < -0.39 is 9.84 Å². The van der Waals surface area contributed by atoms with Crippen LogP contribution in [0.1, 0.15) is 18.4 Å². The van der Waals surface area contributed by atoms with E-state index in [4.69, 9.17) is 4.74 Å². The smallest absolute Gasteiger partial charge is 0.175 e. The number of ether oxygens (including phenoxy) is 1. The number of rotatable bonds is 4. The Morgan fingerprint density at radius 3 is 2.47 bits per heavy atom. The van der Waals surface area contributed by atoms with Crippen molar-refractivity contribution in [1.29, 1.82) is 0 Å². The maximum absolute atomic E-state index is 11.8. The first-order valence-electron chi connectivity index (χ1n) is 6.51. The van der Waals surface area contributed by atoms with Crippen LogP contribution >= 0.6 is 0 Å². The lowest BCUT2D eigenvalue weighted by atomic mass is 9.85. The van der Waals surface area contributed by atoms with Crippen molar-refractivity contribution < 1.29 is 13.2 Å². The molecule has 1 saturated heterocycles. The third-order valence-electron chi connectivity index (χ3n) is 3.83. The van der Waals surface area contributed by atoms with E-state index in [1.54, 1.807) is 19.2 Å². The van der Waals surface area contributed by atoms with E-state index in [0.717, 1.165) is 31.5 Å². The molecule has 0 amide bonds. The minimum atomic E-state index is -3.19. The average molecular weight is 283 g/mol. The maximum atomic E-state index is 11.8. The van der Waals surface area contributed by atoms with Crippen LogP contribution in [0.2, 0.25) is 0 Å². The van der Waals surface area contributed by atoms with Gasteiger partial charge in [0.05, 0.1) is 10.5 Å². The van der Waals surface area contributed by atoms with Crippen LogP contribution in [0.3, 0.4) is 0 Å². The molecule has 0 saturated carbocycles. The van der Waals surface area contributed by atoms with Crippen LogP contribution in [0.15, 0.2) is 29.2 Å². The molecule has 19 heavy (non-hydrogen) atoms. The number of piperidine rings is 1. The van der Waals surface area contributed by atoms with Gasteiger partial charge in [0.15, 0.2) is 9.84 Å². The van der Waals surface area contributed by atoms with Crippen LogP contribution in [0.25, 0.3) is 0 Å². The second kappa shape index (κ2) is 5.61. The van der Waals surface area contributed by atoms with Gasteiger partial charge in [-0.05, 0) is 37.6 Å². The van der Waals surface area contributed by atoms with Gasteiger partial charge < -0.3 is 10.1 Å². The molecule has 0 bridgehead atoms. The first-order chi connectivity index (χ1) is 8.97. The molecule has 1 N–H and O–H groups in total. The van der Waals surface area contributed by atoms with E-state index in [1.807, 2.05) is 12.1 Å². The summed E-state index contributed by atoms with van der Waals surface area (Å²) in [7, 11) is -1.47. The summed E-state index contributed by atoms with van der Waals surface area (Å²) in [6.07, 6.45) is 3.71. The van der Waals surface area contributed by atoms with E-state index in [2.05, 4.69) is 5.32 Å². The Hall–Kier alpha value is -0.910. The van der Waals surface area contributed by atoms with E-state index in [1.165, 1.54) is 6.26 Å². The Morgan fingerprint density at radius 1 is 1.26 bits per heavy atom.